The van der Waals surface area contributed by atoms with Crippen LogP contribution < -0.4 is 0 Å². The first-order valence-electron chi connectivity index (χ1n) is 12.8. The lowest BCUT2D eigenvalue weighted by Crippen LogP contribution is -1.92. The SMILES string of the molecule is Fc1ccccc1-c1c2ccccc2c(-c2cccc3oc4c5ccccc5ccc4c23)c2ccccc12. The molecule has 0 saturated heterocycles. The summed E-state index contributed by atoms with van der Waals surface area (Å²) in [6.07, 6.45) is 0. The number of rotatable bonds is 2. The second-order valence-corrected chi connectivity index (χ2v) is 9.77. The minimum Gasteiger partial charge on any atom is -0.455 e. The van der Waals surface area contributed by atoms with Crippen LogP contribution in [-0.4, -0.2) is 0 Å². The first-order chi connectivity index (χ1) is 18.8. The van der Waals surface area contributed by atoms with Crippen LogP contribution in [0, 0.1) is 5.82 Å². The quantitative estimate of drug-likeness (QED) is 0.221. The predicted molar refractivity (Wildman–Crippen MR) is 157 cm³/mol. The molecule has 0 spiro atoms. The topological polar surface area (TPSA) is 13.1 Å². The van der Waals surface area contributed by atoms with Crippen LogP contribution >= 0.6 is 0 Å². The van der Waals surface area contributed by atoms with E-state index in [0.29, 0.717) is 5.56 Å². The second-order valence-electron chi connectivity index (χ2n) is 9.77. The van der Waals surface area contributed by atoms with Crippen LogP contribution in [0.25, 0.3) is 76.5 Å². The molecule has 7 aromatic carbocycles. The van der Waals surface area contributed by atoms with Crippen molar-refractivity contribution >= 4 is 54.3 Å². The number of fused-ring (bicyclic) bond motifs is 7. The molecule has 0 saturated carbocycles. The lowest BCUT2D eigenvalue weighted by Gasteiger charge is -2.18. The molecular weight excluding hydrogens is 467 g/mol. The maximum Gasteiger partial charge on any atom is 0.143 e. The van der Waals surface area contributed by atoms with Crippen molar-refractivity contribution in [2.24, 2.45) is 0 Å². The molecule has 0 atom stereocenters. The molecule has 1 heterocycles. The number of benzene rings is 7. The van der Waals surface area contributed by atoms with Crippen molar-refractivity contribution in [3.63, 3.8) is 0 Å². The van der Waals surface area contributed by atoms with E-state index in [1.807, 2.05) is 30.3 Å². The summed E-state index contributed by atoms with van der Waals surface area (Å²) in [4.78, 5) is 0. The molecular formula is C36H21FO. The fraction of sp³-hybridized carbons (Fsp3) is 0. The first kappa shape index (κ1) is 21.2. The van der Waals surface area contributed by atoms with Crippen LogP contribution in [0.15, 0.2) is 132 Å². The highest BCUT2D eigenvalue weighted by atomic mass is 19.1. The third-order valence-electron chi connectivity index (χ3n) is 7.73. The van der Waals surface area contributed by atoms with E-state index in [9.17, 15) is 0 Å². The van der Waals surface area contributed by atoms with Crippen molar-refractivity contribution in [1.29, 1.82) is 0 Å². The summed E-state index contributed by atoms with van der Waals surface area (Å²) >= 11 is 0. The summed E-state index contributed by atoms with van der Waals surface area (Å²) in [6, 6.07) is 42.7. The van der Waals surface area contributed by atoms with Gasteiger partial charge < -0.3 is 4.42 Å². The minimum absolute atomic E-state index is 0.217. The van der Waals surface area contributed by atoms with Gasteiger partial charge in [0.05, 0.1) is 0 Å². The normalized spacial score (nSPS) is 11.8. The number of hydrogen-bond acceptors (Lipinski definition) is 1. The highest BCUT2D eigenvalue weighted by Gasteiger charge is 2.21. The third-order valence-corrected chi connectivity index (χ3v) is 7.73. The Balaban J connectivity index is 1.57. The molecule has 0 unspecified atom stereocenters. The zero-order chi connectivity index (χ0) is 25.2. The van der Waals surface area contributed by atoms with Crippen molar-refractivity contribution in [3.05, 3.63) is 133 Å². The van der Waals surface area contributed by atoms with E-state index in [2.05, 4.69) is 84.9 Å². The molecule has 0 aliphatic heterocycles. The molecule has 0 aliphatic rings. The fourth-order valence-corrected chi connectivity index (χ4v) is 6.13. The van der Waals surface area contributed by atoms with Gasteiger partial charge in [-0.05, 0) is 56.3 Å². The maximum absolute atomic E-state index is 15.2. The van der Waals surface area contributed by atoms with Crippen LogP contribution in [0.4, 0.5) is 4.39 Å². The highest BCUT2D eigenvalue weighted by molar-refractivity contribution is 6.26. The van der Waals surface area contributed by atoms with Crippen molar-refractivity contribution < 1.29 is 8.81 Å². The van der Waals surface area contributed by atoms with Crippen LogP contribution in [-0.2, 0) is 0 Å². The Hall–Kier alpha value is -4.95. The molecule has 178 valence electrons. The Kier molecular flexibility index (Phi) is 4.47. The third kappa shape index (κ3) is 2.92. The smallest absolute Gasteiger partial charge is 0.143 e. The van der Waals surface area contributed by atoms with Crippen LogP contribution in [0.1, 0.15) is 0 Å². The zero-order valence-electron chi connectivity index (χ0n) is 20.4. The Morgan fingerprint density at radius 3 is 1.66 bits per heavy atom. The molecule has 38 heavy (non-hydrogen) atoms. The number of furan rings is 1. The van der Waals surface area contributed by atoms with E-state index in [0.717, 1.165) is 70.9 Å². The van der Waals surface area contributed by atoms with Crippen molar-refractivity contribution in [3.8, 4) is 22.3 Å². The van der Waals surface area contributed by atoms with Gasteiger partial charge in [-0.15, -0.1) is 0 Å². The van der Waals surface area contributed by atoms with Gasteiger partial charge in [0.2, 0.25) is 0 Å². The zero-order valence-corrected chi connectivity index (χ0v) is 20.4. The predicted octanol–water partition coefficient (Wildman–Crippen LogP) is 10.5. The Morgan fingerprint density at radius 2 is 0.974 bits per heavy atom. The molecule has 0 bridgehead atoms. The van der Waals surface area contributed by atoms with Crippen LogP contribution in [0.5, 0.6) is 0 Å². The molecule has 1 nitrogen and oxygen atoms in total. The van der Waals surface area contributed by atoms with Gasteiger partial charge >= 0.3 is 0 Å². The van der Waals surface area contributed by atoms with Gasteiger partial charge in [-0.25, -0.2) is 4.39 Å². The van der Waals surface area contributed by atoms with Gasteiger partial charge in [0.15, 0.2) is 0 Å². The number of halogens is 1. The molecule has 1 aromatic heterocycles. The summed E-state index contributed by atoms with van der Waals surface area (Å²) < 4.78 is 21.7. The Morgan fingerprint density at radius 1 is 0.421 bits per heavy atom. The lowest BCUT2D eigenvalue weighted by molar-refractivity contribution is 0.631. The molecule has 0 fully saturated rings. The minimum atomic E-state index is -0.217. The summed E-state index contributed by atoms with van der Waals surface area (Å²) in [5, 5.41) is 8.70. The standard InChI is InChI=1S/C36H21FO/c37-31-18-8-7-16-28(31)33-24-12-3-5-14-26(24)34(27-15-6-4-13-25(27)33)29-17-9-19-32-35(29)30-21-20-22-10-1-2-11-23(22)36(30)38-32/h1-21H. The van der Waals surface area contributed by atoms with Gasteiger partial charge in [0.1, 0.15) is 17.0 Å². The average Bonchev–Trinajstić information content (AvgIpc) is 3.36. The van der Waals surface area contributed by atoms with Crippen molar-refractivity contribution in [1.82, 2.24) is 0 Å². The van der Waals surface area contributed by atoms with E-state index in [4.69, 9.17) is 4.42 Å². The number of hydrogen-bond donors (Lipinski definition) is 0. The Bertz CT molecular complexity index is 2150. The van der Waals surface area contributed by atoms with Gasteiger partial charge in [-0.1, -0.05) is 109 Å². The van der Waals surface area contributed by atoms with E-state index in [-0.39, 0.29) is 5.82 Å². The lowest BCUT2D eigenvalue weighted by atomic mass is 9.85. The van der Waals surface area contributed by atoms with E-state index < -0.39 is 0 Å². The summed E-state index contributed by atoms with van der Waals surface area (Å²) in [6.45, 7) is 0. The van der Waals surface area contributed by atoms with E-state index >= 15 is 4.39 Å². The molecule has 0 N–H and O–H groups in total. The second kappa shape index (κ2) is 8.03. The van der Waals surface area contributed by atoms with Gasteiger partial charge in [0.25, 0.3) is 0 Å². The van der Waals surface area contributed by atoms with Gasteiger partial charge in [-0.2, -0.15) is 0 Å². The Labute approximate surface area is 218 Å². The molecule has 8 rings (SSSR count). The van der Waals surface area contributed by atoms with Gasteiger partial charge in [-0.3, -0.25) is 0 Å². The maximum atomic E-state index is 15.2. The first-order valence-corrected chi connectivity index (χ1v) is 12.8. The molecule has 8 aromatic rings. The average molecular weight is 489 g/mol. The molecule has 0 aliphatic carbocycles. The molecule has 0 radical (unpaired) electrons. The van der Waals surface area contributed by atoms with Crippen LogP contribution in [0.3, 0.4) is 0 Å². The largest absolute Gasteiger partial charge is 0.455 e. The molecule has 0 amide bonds. The van der Waals surface area contributed by atoms with Gasteiger partial charge in [0, 0.05) is 27.3 Å². The summed E-state index contributed by atoms with van der Waals surface area (Å²) in [5.74, 6) is -0.217. The summed E-state index contributed by atoms with van der Waals surface area (Å²) in [7, 11) is 0. The van der Waals surface area contributed by atoms with Crippen molar-refractivity contribution in [2.45, 2.75) is 0 Å². The van der Waals surface area contributed by atoms with E-state index in [1.54, 1.807) is 6.07 Å². The fourth-order valence-electron chi connectivity index (χ4n) is 6.13. The monoisotopic (exact) mass is 488 g/mol. The van der Waals surface area contributed by atoms with Crippen LogP contribution in [0.2, 0.25) is 0 Å². The molecule has 2 heteroatoms. The van der Waals surface area contributed by atoms with E-state index in [1.165, 1.54) is 6.07 Å². The summed E-state index contributed by atoms with van der Waals surface area (Å²) in [5.41, 5.74) is 5.56. The highest BCUT2D eigenvalue weighted by Crippen LogP contribution is 2.47. The van der Waals surface area contributed by atoms with Crippen molar-refractivity contribution in [2.75, 3.05) is 0 Å².